The number of aromatic nitrogens is 1. The van der Waals surface area contributed by atoms with Gasteiger partial charge in [0.05, 0.1) is 0 Å². The second kappa shape index (κ2) is 4.04. The summed E-state index contributed by atoms with van der Waals surface area (Å²) in [5, 5.41) is 2.97. The first-order valence-corrected chi connectivity index (χ1v) is 4.11. The molecule has 1 atom stereocenters. The third-order valence-corrected chi connectivity index (χ3v) is 1.75. The number of nitrogens with one attached hydrogen (secondary N) is 1. The van der Waals surface area contributed by atoms with E-state index in [9.17, 15) is 4.39 Å². The molecule has 3 heteroatoms. The molecular formula is C9H13FN2. The Kier molecular flexibility index (Phi) is 3.02. The highest BCUT2D eigenvalue weighted by Gasteiger charge is 2.03. The van der Waals surface area contributed by atoms with E-state index in [-0.39, 0.29) is 11.9 Å². The molecule has 0 bridgehead atoms. The van der Waals surface area contributed by atoms with Gasteiger partial charge in [-0.2, -0.15) is 0 Å². The lowest BCUT2D eigenvalue weighted by Gasteiger charge is -2.11. The Bertz CT molecular complexity index is 250. The normalized spacial score (nSPS) is 12.6. The topological polar surface area (TPSA) is 24.9 Å². The minimum Gasteiger partial charge on any atom is -0.365 e. The zero-order valence-corrected chi connectivity index (χ0v) is 7.34. The van der Waals surface area contributed by atoms with Crippen molar-refractivity contribution in [1.82, 2.24) is 4.98 Å². The molecule has 0 saturated carbocycles. The molecule has 0 fully saturated rings. The predicted octanol–water partition coefficient (Wildman–Crippen LogP) is 2.43. The molecule has 0 aromatic carbocycles. The first-order valence-electron chi connectivity index (χ1n) is 4.11. The highest BCUT2D eigenvalue weighted by molar-refractivity contribution is 5.36. The van der Waals surface area contributed by atoms with Crippen molar-refractivity contribution in [3.8, 4) is 0 Å². The summed E-state index contributed by atoms with van der Waals surface area (Å²) >= 11 is 0. The van der Waals surface area contributed by atoms with Crippen LogP contribution in [0, 0.1) is 5.82 Å². The first kappa shape index (κ1) is 8.97. The van der Waals surface area contributed by atoms with Crippen LogP contribution >= 0.6 is 0 Å². The molecule has 1 unspecified atom stereocenters. The van der Waals surface area contributed by atoms with Gasteiger partial charge in [-0.05, 0) is 25.5 Å². The highest BCUT2D eigenvalue weighted by atomic mass is 19.1. The molecule has 12 heavy (non-hydrogen) atoms. The quantitative estimate of drug-likeness (QED) is 0.749. The molecule has 1 aromatic heterocycles. The van der Waals surface area contributed by atoms with Gasteiger partial charge in [0.1, 0.15) is 0 Å². The molecule has 0 aliphatic carbocycles. The molecule has 1 rings (SSSR count). The van der Waals surface area contributed by atoms with Crippen LogP contribution in [0.3, 0.4) is 0 Å². The van der Waals surface area contributed by atoms with Crippen LogP contribution < -0.4 is 5.32 Å². The highest BCUT2D eigenvalue weighted by Crippen LogP contribution is 2.10. The van der Waals surface area contributed by atoms with E-state index in [0.717, 1.165) is 6.42 Å². The standard InChI is InChI=1S/C9H13FN2/c1-3-7(2)12-9-8(10)5-4-6-11-9/h4-7H,3H2,1-2H3,(H,11,12). The molecule has 2 nitrogen and oxygen atoms in total. The van der Waals surface area contributed by atoms with Crippen LogP contribution in [-0.2, 0) is 0 Å². The maximum absolute atomic E-state index is 13.0. The minimum absolute atomic E-state index is 0.259. The van der Waals surface area contributed by atoms with Gasteiger partial charge in [0.25, 0.3) is 0 Å². The average molecular weight is 168 g/mol. The Hall–Kier alpha value is -1.12. The van der Waals surface area contributed by atoms with E-state index >= 15 is 0 Å². The van der Waals surface area contributed by atoms with Gasteiger partial charge in [-0.3, -0.25) is 0 Å². The van der Waals surface area contributed by atoms with Crippen molar-refractivity contribution >= 4 is 5.82 Å². The summed E-state index contributed by atoms with van der Waals surface area (Å²) in [6, 6.07) is 3.24. The largest absolute Gasteiger partial charge is 0.365 e. The Morgan fingerprint density at radius 3 is 3.00 bits per heavy atom. The second-order valence-electron chi connectivity index (χ2n) is 2.79. The maximum atomic E-state index is 13.0. The van der Waals surface area contributed by atoms with E-state index < -0.39 is 0 Å². The zero-order chi connectivity index (χ0) is 8.97. The fraction of sp³-hybridized carbons (Fsp3) is 0.444. The predicted molar refractivity (Wildman–Crippen MR) is 47.6 cm³/mol. The molecule has 0 aliphatic rings. The van der Waals surface area contributed by atoms with Gasteiger partial charge in [0.15, 0.2) is 11.6 Å². The van der Waals surface area contributed by atoms with Crippen LogP contribution in [0.1, 0.15) is 20.3 Å². The Labute approximate surface area is 71.8 Å². The van der Waals surface area contributed by atoms with Crippen molar-refractivity contribution < 1.29 is 4.39 Å². The number of halogens is 1. The Morgan fingerprint density at radius 1 is 1.67 bits per heavy atom. The third-order valence-electron chi connectivity index (χ3n) is 1.75. The van der Waals surface area contributed by atoms with Crippen molar-refractivity contribution in [3.63, 3.8) is 0 Å². The fourth-order valence-electron chi connectivity index (χ4n) is 0.827. The lowest BCUT2D eigenvalue weighted by atomic mass is 10.2. The van der Waals surface area contributed by atoms with Gasteiger partial charge in [-0.1, -0.05) is 6.92 Å². The molecule has 1 heterocycles. The average Bonchev–Trinajstić information content (AvgIpc) is 2.09. The summed E-state index contributed by atoms with van der Waals surface area (Å²) in [6.07, 6.45) is 2.53. The van der Waals surface area contributed by atoms with E-state index in [1.165, 1.54) is 6.07 Å². The first-order chi connectivity index (χ1) is 5.74. The molecule has 0 spiro atoms. The molecule has 0 aliphatic heterocycles. The zero-order valence-electron chi connectivity index (χ0n) is 7.34. The monoisotopic (exact) mass is 168 g/mol. The number of hydrogen-bond acceptors (Lipinski definition) is 2. The molecule has 0 saturated heterocycles. The number of pyridine rings is 1. The lowest BCUT2D eigenvalue weighted by Crippen LogP contribution is -2.15. The summed E-state index contributed by atoms with van der Waals surface area (Å²) in [5.41, 5.74) is 0. The maximum Gasteiger partial charge on any atom is 0.165 e. The molecule has 66 valence electrons. The van der Waals surface area contributed by atoms with Crippen molar-refractivity contribution in [3.05, 3.63) is 24.1 Å². The Morgan fingerprint density at radius 2 is 2.42 bits per heavy atom. The summed E-state index contributed by atoms with van der Waals surface area (Å²) in [5.74, 6) is 0.0460. The van der Waals surface area contributed by atoms with Gasteiger partial charge in [-0.15, -0.1) is 0 Å². The fourth-order valence-corrected chi connectivity index (χ4v) is 0.827. The second-order valence-corrected chi connectivity index (χ2v) is 2.79. The van der Waals surface area contributed by atoms with Crippen LogP contribution in [0.5, 0.6) is 0 Å². The van der Waals surface area contributed by atoms with Crippen LogP contribution in [0.15, 0.2) is 18.3 Å². The van der Waals surface area contributed by atoms with E-state index in [2.05, 4.69) is 10.3 Å². The number of hydrogen-bond donors (Lipinski definition) is 1. The van der Waals surface area contributed by atoms with Gasteiger partial charge in [-0.25, -0.2) is 9.37 Å². The Balaban J connectivity index is 2.69. The SMILES string of the molecule is CCC(C)Nc1ncccc1F. The number of rotatable bonds is 3. The van der Waals surface area contributed by atoms with Crippen molar-refractivity contribution in [1.29, 1.82) is 0 Å². The smallest absolute Gasteiger partial charge is 0.165 e. The van der Waals surface area contributed by atoms with Gasteiger partial charge in [0, 0.05) is 12.2 Å². The summed E-state index contributed by atoms with van der Waals surface area (Å²) in [6.45, 7) is 4.03. The molecular weight excluding hydrogens is 155 g/mol. The summed E-state index contributed by atoms with van der Waals surface area (Å²) < 4.78 is 13.0. The van der Waals surface area contributed by atoms with Crippen LogP contribution in [0.2, 0.25) is 0 Å². The van der Waals surface area contributed by atoms with Crippen molar-refractivity contribution in [2.24, 2.45) is 0 Å². The van der Waals surface area contributed by atoms with Crippen molar-refractivity contribution in [2.45, 2.75) is 26.3 Å². The van der Waals surface area contributed by atoms with Crippen LogP contribution in [0.25, 0.3) is 0 Å². The van der Waals surface area contributed by atoms with E-state index in [4.69, 9.17) is 0 Å². The van der Waals surface area contributed by atoms with Gasteiger partial charge < -0.3 is 5.32 Å². The van der Waals surface area contributed by atoms with Crippen molar-refractivity contribution in [2.75, 3.05) is 5.32 Å². The lowest BCUT2D eigenvalue weighted by molar-refractivity contribution is 0.618. The summed E-state index contributed by atoms with van der Waals surface area (Å²) in [4.78, 5) is 3.88. The third kappa shape index (κ3) is 2.19. The van der Waals surface area contributed by atoms with Gasteiger partial charge >= 0.3 is 0 Å². The minimum atomic E-state index is -0.294. The van der Waals surface area contributed by atoms with E-state index in [1.807, 2.05) is 13.8 Å². The molecule has 1 aromatic rings. The van der Waals surface area contributed by atoms with Crippen LogP contribution in [-0.4, -0.2) is 11.0 Å². The summed E-state index contributed by atoms with van der Waals surface area (Å²) in [7, 11) is 0. The molecule has 1 N–H and O–H groups in total. The van der Waals surface area contributed by atoms with Crippen LogP contribution in [0.4, 0.5) is 10.2 Å². The van der Waals surface area contributed by atoms with E-state index in [0.29, 0.717) is 5.82 Å². The molecule has 0 radical (unpaired) electrons. The van der Waals surface area contributed by atoms with E-state index in [1.54, 1.807) is 12.3 Å². The molecule has 0 amide bonds. The number of nitrogens with zero attached hydrogens (tertiary/aromatic N) is 1. The van der Waals surface area contributed by atoms with Gasteiger partial charge in [0.2, 0.25) is 0 Å². The number of anilines is 1.